The zero-order valence-electron chi connectivity index (χ0n) is 8.95. The number of H-pyrrole nitrogens is 1. The van der Waals surface area contributed by atoms with E-state index in [0.717, 1.165) is 29.7 Å². The van der Waals surface area contributed by atoms with Gasteiger partial charge in [0, 0.05) is 6.42 Å². The van der Waals surface area contributed by atoms with Crippen LogP contribution in [0.4, 0.5) is 0 Å². The van der Waals surface area contributed by atoms with E-state index in [2.05, 4.69) is 33.3 Å². The molecule has 2 aromatic heterocycles. The Morgan fingerprint density at radius 2 is 2.27 bits per heavy atom. The number of aromatic nitrogens is 4. The van der Waals surface area contributed by atoms with Crippen molar-refractivity contribution in [1.82, 2.24) is 20.2 Å². The van der Waals surface area contributed by atoms with Crippen molar-refractivity contribution < 1.29 is 0 Å². The summed E-state index contributed by atoms with van der Waals surface area (Å²) >= 11 is 0. The third-order valence-corrected chi connectivity index (χ3v) is 2.42. The Labute approximate surface area is 89.1 Å². The molecule has 0 saturated heterocycles. The predicted molar refractivity (Wildman–Crippen MR) is 58.4 cm³/mol. The van der Waals surface area contributed by atoms with Crippen molar-refractivity contribution in [2.24, 2.45) is 0 Å². The molecule has 4 nitrogen and oxygen atoms in total. The summed E-state index contributed by atoms with van der Waals surface area (Å²) in [6.07, 6.45) is 10.5. The van der Waals surface area contributed by atoms with Crippen molar-refractivity contribution in [2.75, 3.05) is 0 Å². The van der Waals surface area contributed by atoms with Crippen LogP contribution in [0, 0.1) is 6.20 Å². The molecule has 0 aliphatic rings. The molecule has 0 unspecified atom stereocenters. The van der Waals surface area contributed by atoms with Gasteiger partial charge in [0.15, 0.2) is 5.65 Å². The minimum absolute atomic E-state index is 0.787. The Hall–Kier alpha value is -1.45. The van der Waals surface area contributed by atoms with Gasteiger partial charge >= 0.3 is 0 Å². The van der Waals surface area contributed by atoms with Crippen molar-refractivity contribution in [3.8, 4) is 0 Å². The number of fused-ring (bicyclic) bond motifs is 1. The van der Waals surface area contributed by atoms with E-state index in [9.17, 15) is 0 Å². The topological polar surface area (TPSA) is 54.5 Å². The molecule has 0 bridgehead atoms. The number of nitrogens with zero attached hydrogens (tertiary/aromatic N) is 3. The summed E-state index contributed by atoms with van der Waals surface area (Å²) in [6.45, 7) is 2.21. The molecule has 4 heteroatoms. The van der Waals surface area contributed by atoms with Crippen LogP contribution in [0.3, 0.4) is 0 Å². The lowest BCUT2D eigenvalue weighted by Crippen LogP contribution is -1.95. The third kappa shape index (κ3) is 2.52. The van der Waals surface area contributed by atoms with Crippen molar-refractivity contribution >= 4 is 11.0 Å². The summed E-state index contributed by atoms with van der Waals surface area (Å²) < 4.78 is 0. The van der Waals surface area contributed by atoms with Gasteiger partial charge in [-0.1, -0.05) is 26.2 Å². The number of rotatable bonds is 5. The molecule has 0 saturated carbocycles. The molecular weight excluding hydrogens is 188 g/mol. The molecule has 2 heterocycles. The SMILES string of the molecule is CCCCCCc1n[c]c2cn[nH]c2n1. The quantitative estimate of drug-likeness (QED) is 0.758. The normalized spacial score (nSPS) is 11.0. The highest BCUT2D eigenvalue weighted by Gasteiger charge is 2.01. The van der Waals surface area contributed by atoms with Gasteiger partial charge in [0.2, 0.25) is 0 Å². The van der Waals surface area contributed by atoms with E-state index in [1.807, 2.05) is 0 Å². The first-order chi connectivity index (χ1) is 7.40. The van der Waals surface area contributed by atoms with Crippen molar-refractivity contribution in [2.45, 2.75) is 39.0 Å². The summed E-state index contributed by atoms with van der Waals surface area (Å²) in [5, 5.41) is 7.58. The van der Waals surface area contributed by atoms with Crippen LogP contribution in [0.2, 0.25) is 0 Å². The zero-order chi connectivity index (χ0) is 10.5. The second kappa shape index (κ2) is 4.87. The molecule has 0 fully saturated rings. The molecule has 79 valence electrons. The Bertz CT molecular complexity index is 421. The Balaban J connectivity index is 1.96. The maximum atomic E-state index is 4.37. The first kappa shape index (κ1) is 10.1. The van der Waals surface area contributed by atoms with Crippen molar-refractivity contribution in [1.29, 1.82) is 0 Å². The molecule has 0 aliphatic heterocycles. The summed E-state index contributed by atoms with van der Waals surface area (Å²) in [4.78, 5) is 8.55. The molecule has 1 radical (unpaired) electrons. The molecule has 0 aliphatic carbocycles. The Kier molecular flexibility index (Phi) is 3.27. The molecule has 2 rings (SSSR count). The fourth-order valence-electron chi connectivity index (χ4n) is 1.55. The first-order valence-corrected chi connectivity index (χ1v) is 5.48. The largest absolute Gasteiger partial charge is 0.261 e. The van der Waals surface area contributed by atoms with Gasteiger partial charge in [-0.2, -0.15) is 5.10 Å². The molecule has 15 heavy (non-hydrogen) atoms. The molecule has 2 aromatic rings. The highest BCUT2D eigenvalue weighted by atomic mass is 15.1. The van der Waals surface area contributed by atoms with E-state index < -0.39 is 0 Å². The van der Waals surface area contributed by atoms with Gasteiger partial charge < -0.3 is 0 Å². The second-order valence-electron chi connectivity index (χ2n) is 3.69. The zero-order valence-corrected chi connectivity index (χ0v) is 8.95. The molecule has 0 aromatic carbocycles. The lowest BCUT2D eigenvalue weighted by Gasteiger charge is -1.98. The van der Waals surface area contributed by atoms with Crippen molar-refractivity contribution in [3.05, 3.63) is 18.2 Å². The van der Waals surface area contributed by atoms with E-state index in [-0.39, 0.29) is 0 Å². The highest BCUT2D eigenvalue weighted by molar-refractivity contribution is 5.71. The minimum Gasteiger partial charge on any atom is -0.261 e. The maximum Gasteiger partial charge on any atom is 0.159 e. The van der Waals surface area contributed by atoms with Crippen LogP contribution in [-0.2, 0) is 6.42 Å². The van der Waals surface area contributed by atoms with Crippen LogP contribution >= 0.6 is 0 Å². The molecule has 1 N–H and O–H groups in total. The van der Waals surface area contributed by atoms with Gasteiger partial charge in [0.05, 0.1) is 11.6 Å². The molecule has 0 spiro atoms. The van der Waals surface area contributed by atoms with Gasteiger partial charge in [-0.05, 0) is 6.42 Å². The van der Waals surface area contributed by atoms with Crippen LogP contribution in [0.25, 0.3) is 11.0 Å². The molecular formula is C11H15N4. The van der Waals surface area contributed by atoms with Gasteiger partial charge in [0.25, 0.3) is 0 Å². The average Bonchev–Trinajstić information content (AvgIpc) is 2.71. The van der Waals surface area contributed by atoms with Gasteiger partial charge in [-0.3, -0.25) is 5.10 Å². The summed E-state index contributed by atoms with van der Waals surface area (Å²) in [6, 6.07) is 0. The predicted octanol–water partition coefficient (Wildman–Crippen LogP) is 2.28. The van der Waals surface area contributed by atoms with Gasteiger partial charge in [-0.15, -0.1) is 0 Å². The second-order valence-corrected chi connectivity index (χ2v) is 3.69. The maximum absolute atomic E-state index is 4.37. The average molecular weight is 203 g/mol. The standard InChI is InChI=1S/C11H15N4/c1-2-3-4-5-6-10-12-7-9-8-13-15-11(9)14-10/h8H,2-6H2,1H3,(H,12,13,14,15). The number of aryl methyl sites for hydroxylation is 1. The third-order valence-electron chi connectivity index (χ3n) is 2.42. The fourth-order valence-corrected chi connectivity index (χ4v) is 1.55. The van der Waals surface area contributed by atoms with Crippen LogP contribution in [-0.4, -0.2) is 20.2 Å². The van der Waals surface area contributed by atoms with Crippen LogP contribution in [0.15, 0.2) is 6.20 Å². The summed E-state index contributed by atoms with van der Waals surface area (Å²) in [7, 11) is 0. The monoisotopic (exact) mass is 203 g/mol. The van der Waals surface area contributed by atoms with E-state index >= 15 is 0 Å². The van der Waals surface area contributed by atoms with Gasteiger partial charge in [-0.25, -0.2) is 9.97 Å². The summed E-state index contributed by atoms with van der Waals surface area (Å²) in [5.41, 5.74) is 0.787. The lowest BCUT2D eigenvalue weighted by molar-refractivity contribution is 0.653. The summed E-state index contributed by atoms with van der Waals surface area (Å²) in [5.74, 6) is 0.864. The number of hydrogen-bond donors (Lipinski definition) is 1. The number of unbranched alkanes of at least 4 members (excludes halogenated alkanes) is 3. The fraction of sp³-hybridized carbons (Fsp3) is 0.545. The number of aromatic amines is 1. The Morgan fingerprint density at radius 3 is 3.13 bits per heavy atom. The number of nitrogens with one attached hydrogen (secondary N) is 1. The van der Waals surface area contributed by atoms with Crippen LogP contribution in [0.5, 0.6) is 0 Å². The van der Waals surface area contributed by atoms with Crippen molar-refractivity contribution in [3.63, 3.8) is 0 Å². The Morgan fingerprint density at radius 1 is 1.33 bits per heavy atom. The van der Waals surface area contributed by atoms with Crippen LogP contribution in [0.1, 0.15) is 38.4 Å². The van der Waals surface area contributed by atoms with E-state index in [0.29, 0.717) is 0 Å². The van der Waals surface area contributed by atoms with Crippen LogP contribution < -0.4 is 0 Å². The van der Waals surface area contributed by atoms with Gasteiger partial charge in [0.1, 0.15) is 12.0 Å². The number of hydrogen-bond acceptors (Lipinski definition) is 3. The highest BCUT2D eigenvalue weighted by Crippen LogP contribution is 2.08. The van der Waals surface area contributed by atoms with E-state index in [1.165, 1.54) is 19.3 Å². The minimum atomic E-state index is 0.787. The van der Waals surface area contributed by atoms with E-state index in [4.69, 9.17) is 0 Å². The lowest BCUT2D eigenvalue weighted by atomic mass is 10.1. The first-order valence-electron chi connectivity index (χ1n) is 5.48. The molecule has 0 atom stereocenters. The smallest absolute Gasteiger partial charge is 0.159 e. The molecule has 0 amide bonds. The van der Waals surface area contributed by atoms with E-state index in [1.54, 1.807) is 6.20 Å².